The summed E-state index contributed by atoms with van der Waals surface area (Å²) in [7, 11) is 1.61. The molecule has 7 heteroatoms. The molecule has 0 amide bonds. The van der Waals surface area contributed by atoms with Crippen LogP contribution in [0.1, 0.15) is 11.1 Å². The molecule has 0 aliphatic carbocycles. The minimum absolute atomic E-state index is 0.0263. The summed E-state index contributed by atoms with van der Waals surface area (Å²) in [4.78, 5) is -0.0263. The highest BCUT2D eigenvalue weighted by molar-refractivity contribution is 14.1. The number of rotatable bonds is 4. The van der Waals surface area contributed by atoms with Gasteiger partial charge < -0.3 is 4.74 Å². The highest BCUT2D eigenvalue weighted by atomic mass is 127. The van der Waals surface area contributed by atoms with Crippen LogP contribution in [0, 0.1) is 10.5 Å². The van der Waals surface area contributed by atoms with Crippen molar-refractivity contribution in [1.82, 2.24) is 0 Å². The zero-order chi connectivity index (χ0) is 15.6. The molecule has 2 aromatic carbocycles. The van der Waals surface area contributed by atoms with E-state index in [2.05, 4.69) is 38.5 Å². The summed E-state index contributed by atoms with van der Waals surface area (Å²) in [5, 5.41) is 0. The molecule has 112 valence electrons. The van der Waals surface area contributed by atoms with E-state index in [0.717, 1.165) is 9.13 Å². The van der Waals surface area contributed by atoms with Gasteiger partial charge in [0.05, 0.1) is 0 Å². The predicted octanol–water partition coefficient (Wildman–Crippen LogP) is 4.87. The van der Waals surface area contributed by atoms with E-state index in [1.54, 1.807) is 13.0 Å². The zero-order valence-electron chi connectivity index (χ0n) is 10.9. The Kier molecular flexibility index (Phi) is 5.56. The third-order valence-corrected chi connectivity index (χ3v) is 5.27. The van der Waals surface area contributed by atoms with Crippen LogP contribution in [0.5, 0.6) is 5.75 Å². The monoisotopic (exact) mass is 500 g/mol. The molecule has 0 atom stereocenters. The minimum atomic E-state index is -3.87. The summed E-state index contributed by atoms with van der Waals surface area (Å²) >= 11 is 5.48. The van der Waals surface area contributed by atoms with Gasteiger partial charge in [-0.3, -0.25) is 0 Å². The van der Waals surface area contributed by atoms with Gasteiger partial charge in [-0.25, -0.2) is 8.42 Å². The molecule has 0 unspecified atom stereocenters. The SMILES string of the molecule is Cc1cc(Br)cc(S(=O)(=O)Cl)c1OCc1ccc(I)cc1. The van der Waals surface area contributed by atoms with Crippen molar-refractivity contribution in [2.45, 2.75) is 18.4 Å². The van der Waals surface area contributed by atoms with Gasteiger partial charge in [-0.15, -0.1) is 0 Å². The van der Waals surface area contributed by atoms with E-state index in [-0.39, 0.29) is 17.3 Å². The maximum atomic E-state index is 11.7. The van der Waals surface area contributed by atoms with Crippen molar-refractivity contribution in [1.29, 1.82) is 0 Å². The Morgan fingerprint density at radius 3 is 2.43 bits per heavy atom. The lowest BCUT2D eigenvalue weighted by atomic mass is 10.2. The lowest BCUT2D eigenvalue weighted by Crippen LogP contribution is -2.03. The molecule has 0 aromatic heterocycles. The van der Waals surface area contributed by atoms with Crippen molar-refractivity contribution in [3.8, 4) is 5.75 Å². The average Bonchev–Trinajstić information content (AvgIpc) is 2.38. The molecule has 0 N–H and O–H groups in total. The molecular formula is C14H11BrClIO3S. The Labute approximate surface area is 150 Å². The van der Waals surface area contributed by atoms with Crippen molar-refractivity contribution in [3.05, 3.63) is 55.6 Å². The normalized spacial score (nSPS) is 11.4. The van der Waals surface area contributed by atoms with Crippen LogP contribution in [-0.4, -0.2) is 8.42 Å². The summed E-state index contributed by atoms with van der Waals surface area (Å²) in [6.07, 6.45) is 0. The molecule has 0 aliphatic rings. The highest BCUT2D eigenvalue weighted by Crippen LogP contribution is 2.34. The molecule has 0 heterocycles. The van der Waals surface area contributed by atoms with Crippen LogP contribution in [0.15, 0.2) is 45.8 Å². The molecule has 2 aromatic rings. The molecule has 0 bridgehead atoms. The van der Waals surface area contributed by atoms with E-state index >= 15 is 0 Å². The summed E-state index contributed by atoms with van der Waals surface area (Å²) in [5.41, 5.74) is 1.66. The Morgan fingerprint density at radius 2 is 1.86 bits per heavy atom. The molecule has 0 fully saturated rings. The van der Waals surface area contributed by atoms with Gasteiger partial charge in [0.1, 0.15) is 17.3 Å². The van der Waals surface area contributed by atoms with Crippen molar-refractivity contribution in [3.63, 3.8) is 0 Å². The standard InChI is InChI=1S/C14H11BrClIO3S/c1-9-6-11(15)7-13(21(16,18)19)14(9)20-8-10-2-4-12(17)5-3-10/h2-7H,8H2,1H3. The first-order valence-corrected chi connectivity index (χ1v) is 10.1. The first-order valence-electron chi connectivity index (χ1n) is 5.89. The molecule has 3 nitrogen and oxygen atoms in total. The fraction of sp³-hybridized carbons (Fsp3) is 0.143. The molecule has 0 spiro atoms. The predicted molar refractivity (Wildman–Crippen MR) is 95.4 cm³/mol. The van der Waals surface area contributed by atoms with Gasteiger partial charge in [0.2, 0.25) is 0 Å². The fourth-order valence-electron chi connectivity index (χ4n) is 1.80. The van der Waals surface area contributed by atoms with Gasteiger partial charge in [0.15, 0.2) is 0 Å². The minimum Gasteiger partial charge on any atom is -0.487 e. The average molecular weight is 502 g/mol. The second-order valence-electron chi connectivity index (χ2n) is 4.40. The Bertz CT molecular complexity index is 761. The summed E-state index contributed by atoms with van der Waals surface area (Å²) in [6, 6.07) is 11.0. The number of benzene rings is 2. The maximum absolute atomic E-state index is 11.7. The number of hydrogen-bond donors (Lipinski definition) is 0. The zero-order valence-corrected chi connectivity index (χ0v) is 16.3. The molecule has 0 saturated heterocycles. The smallest absolute Gasteiger partial charge is 0.265 e. The van der Waals surface area contributed by atoms with Crippen LogP contribution in [0.3, 0.4) is 0 Å². The maximum Gasteiger partial charge on any atom is 0.265 e. The van der Waals surface area contributed by atoms with Gasteiger partial charge in [0, 0.05) is 18.7 Å². The number of ether oxygens (including phenoxy) is 1. The topological polar surface area (TPSA) is 43.4 Å². The van der Waals surface area contributed by atoms with Crippen molar-refractivity contribution in [2.24, 2.45) is 0 Å². The van der Waals surface area contributed by atoms with Crippen LogP contribution in [-0.2, 0) is 15.7 Å². The first-order chi connectivity index (χ1) is 9.77. The third-order valence-electron chi connectivity index (χ3n) is 2.76. The quantitative estimate of drug-likeness (QED) is 0.444. The van der Waals surface area contributed by atoms with Gasteiger partial charge in [0.25, 0.3) is 9.05 Å². The lowest BCUT2D eigenvalue weighted by Gasteiger charge is -2.13. The van der Waals surface area contributed by atoms with E-state index in [1.165, 1.54) is 6.07 Å². The van der Waals surface area contributed by atoms with Crippen LogP contribution in [0.25, 0.3) is 0 Å². The summed E-state index contributed by atoms with van der Waals surface area (Å²) in [6.45, 7) is 2.05. The van der Waals surface area contributed by atoms with Gasteiger partial charge in [-0.2, -0.15) is 0 Å². The van der Waals surface area contributed by atoms with Crippen molar-refractivity contribution >= 4 is 58.3 Å². The molecule has 2 rings (SSSR count). The van der Waals surface area contributed by atoms with E-state index in [1.807, 2.05) is 24.3 Å². The Morgan fingerprint density at radius 1 is 1.24 bits per heavy atom. The summed E-state index contributed by atoms with van der Waals surface area (Å²) < 4.78 is 30.8. The van der Waals surface area contributed by atoms with Crippen LogP contribution >= 0.6 is 49.2 Å². The lowest BCUT2D eigenvalue weighted by molar-refractivity contribution is 0.296. The third kappa shape index (κ3) is 4.58. The fourth-order valence-corrected chi connectivity index (χ4v) is 3.94. The molecule has 0 aliphatic heterocycles. The van der Waals surface area contributed by atoms with Crippen molar-refractivity contribution in [2.75, 3.05) is 0 Å². The highest BCUT2D eigenvalue weighted by Gasteiger charge is 2.20. The second kappa shape index (κ2) is 6.85. The molecule has 21 heavy (non-hydrogen) atoms. The van der Waals surface area contributed by atoms with Crippen molar-refractivity contribution < 1.29 is 13.2 Å². The first kappa shape index (κ1) is 17.1. The van der Waals surface area contributed by atoms with Crippen LogP contribution in [0.2, 0.25) is 0 Å². The van der Waals surface area contributed by atoms with E-state index in [0.29, 0.717) is 10.0 Å². The molecular weight excluding hydrogens is 490 g/mol. The molecule has 0 saturated carbocycles. The Balaban J connectivity index is 2.33. The number of halogens is 3. The second-order valence-corrected chi connectivity index (χ2v) is 9.10. The van der Waals surface area contributed by atoms with E-state index < -0.39 is 9.05 Å². The number of aryl methyl sites for hydroxylation is 1. The van der Waals surface area contributed by atoms with Gasteiger partial charge >= 0.3 is 0 Å². The number of hydrogen-bond acceptors (Lipinski definition) is 3. The summed E-state index contributed by atoms with van der Waals surface area (Å²) in [5.74, 6) is 0.284. The van der Waals surface area contributed by atoms with E-state index in [4.69, 9.17) is 15.4 Å². The van der Waals surface area contributed by atoms with Gasteiger partial charge in [-0.1, -0.05) is 28.1 Å². The van der Waals surface area contributed by atoms with Gasteiger partial charge in [-0.05, 0) is 64.9 Å². The molecule has 0 radical (unpaired) electrons. The van der Waals surface area contributed by atoms with E-state index in [9.17, 15) is 8.42 Å². The van der Waals surface area contributed by atoms with Crippen LogP contribution in [0.4, 0.5) is 0 Å². The Hall–Kier alpha value is -0.310. The largest absolute Gasteiger partial charge is 0.487 e. The van der Waals surface area contributed by atoms with Crippen LogP contribution < -0.4 is 4.74 Å².